The third-order valence-corrected chi connectivity index (χ3v) is 11.7. The molecule has 1 saturated carbocycles. The second-order valence-electron chi connectivity index (χ2n) is 13.1. The Bertz CT molecular complexity index is 1660. The molecule has 1 fully saturated rings. The normalized spacial score (nSPS) is 16.7. The fourth-order valence-electron chi connectivity index (χ4n) is 6.50. The van der Waals surface area contributed by atoms with E-state index < -0.39 is 67.9 Å². The molecule has 49 heavy (non-hydrogen) atoms. The number of halogens is 2. The molecule has 0 bridgehead atoms. The molecule has 2 amide bonds. The molecule has 0 spiro atoms. The van der Waals surface area contributed by atoms with Crippen LogP contribution < -0.4 is 11.1 Å². The van der Waals surface area contributed by atoms with Crippen LogP contribution in [0.4, 0.5) is 8.78 Å². The Morgan fingerprint density at radius 3 is 2.29 bits per heavy atom. The largest absolute Gasteiger partial charge is 0.390 e. The number of benzene rings is 2. The first kappa shape index (κ1) is 38.1. The van der Waals surface area contributed by atoms with E-state index in [-0.39, 0.29) is 24.1 Å². The Morgan fingerprint density at radius 2 is 1.71 bits per heavy atom. The zero-order valence-electron chi connectivity index (χ0n) is 28.5. The SMILES string of the molecule is CCCC(CCC)S(=N)(=O)C[C@@H](NC(=O)c1cccnc1)C(=O)N(C[C@@H](O)[C@@H](N)Cc1cc(F)cc(F)c1)C1(c2cccc(CC)c2)CC1. The molecule has 4 rings (SSSR count). The van der Waals surface area contributed by atoms with Gasteiger partial charge in [0.1, 0.15) is 17.7 Å². The van der Waals surface area contributed by atoms with Crippen LogP contribution in [0.25, 0.3) is 0 Å². The Kier molecular flexibility index (Phi) is 13.0. The molecule has 9 nitrogen and oxygen atoms in total. The number of amides is 2. The first-order valence-corrected chi connectivity index (χ1v) is 18.9. The topological polar surface area (TPSA) is 149 Å². The highest BCUT2D eigenvalue weighted by atomic mass is 32.2. The monoisotopic (exact) mass is 697 g/mol. The molecule has 0 aliphatic heterocycles. The highest BCUT2D eigenvalue weighted by molar-refractivity contribution is 7.93. The number of pyridine rings is 1. The van der Waals surface area contributed by atoms with Gasteiger partial charge < -0.3 is 21.1 Å². The van der Waals surface area contributed by atoms with Crippen molar-refractivity contribution in [3.05, 3.63) is 101 Å². The summed E-state index contributed by atoms with van der Waals surface area (Å²) >= 11 is 0. The molecule has 1 heterocycles. The van der Waals surface area contributed by atoms with E-state index in [0.29, 0.717) is 38.5 Å². The summed E-state index contributed by atoms with van der Waals surface area (Å²) in [4.78, 5) is 33.9. The number of aliphatic hydroxyl groups excluding tert-OH is 1. The van der Waals surface area contributed by atoms with Crippen molar-refractivity contribution < 1.29 is 27.7 Å². The lowest BCUT2D eigenvalue weighted by Crippen LogP contribution is -2.58. The van der Waals surface area contributed by atoms with Crippen molar-refractivity contribution >= 4 is 21.5 Å². The number of hydrogen-bond donors (Lipinski definition) is 4. The van der Waals surface area contributed by atoms with Gasteiger partial charge in [0.15, 0.2) is 0 Å². The minimum absolute atomic E-state index is 0.0619. The lowest BCUT2D eigenvalue weighted by Gasteiger charge is -2.38. The third-order valence-electron chi connectivity index (χ3n) is 9.34. The number of hydrogen-bond acceptors (Lipinski definition) is 7. The van der Waals surface area contributed by atoms with Crippen molar-refractivity contribution in [3.63, 3.8) is 0 Å². The standard InChI is InChI=1S/C37H49F2N5O4S/c1-4-9-31(10-5-2)49(41,48)24-33(43-35(46)27-12-8-16-42-22-27)36(47)44(37(14-15-37)28-13-7-11-25(6-3)17-28)23-34(45)32(40)20-26-18-29(38)21-30(39)19-26/h7-8,11-13,16-19,21-22,31-34,41,45H,4-6,9-10,14-15,20,23-24,40H2,1-3H3,(H,43,46)/t32-,33+,34+,49?/m0/s1. The number of nitrogens with zero attached hydrogens (tertiary/aromatic N) is 2. The first-order chi connectivity index (χ1) is 23.3. The second kappa shape index (κ2) is 16.8. The molecule has 1 aliphatic carbocycles. The number of nitrogens with two attached hydrogens (primary N) is 1. The van der Waals surface area contributed by atoms with Gasteiger partial charge >= 0.3 is 0 Å². The quantitative estimate of drug-likeness (QED) is 0.138. The van der Waals surface area contributed by atoms with E-state index in [9.17, 15) is 27.7 Å². The zero-order chi connectivity index (χ0) is 35.8. The van der Waals surface area contributed by atoms with Gasteiger partial charge in [-0.1, -0.05) is 57.9 Å². The summed E-state index contributed by atoms with van der Waals surface area (Å²) in [7, 11) is -3.38. The maximum Gasteiger partial charge on any atom is 0.253 e. The van der Waals surface area contributed by atoms with Crippen molar-refractivity contribution in [2.24, 2.45) is 5.73 Å². The van der Waals surface area contributed by atoms with Crippen LogP contribution in [0.5, 0.6) is 0 Å². The molecule has 5 N–H and O–H groups in total. The Balaban J connectivity index is 1.74. The number of carbonyl (C=O) groups is 2. The van der Waals surface area contributed by atoms with E-state index in [1.54, 1.807) is 12.1 Å². The van der Waals surface area contributed by atoms with E-state index in [1.807, 2.05) is 45.0 Å². The molecule has 2 aromatic carbocycles. The summed E-state index contributed by atoms with van der Waals surface area (Å²) in [5.41, 5.74) is 7.92. The van der Waals surface area contributed by atoms with E-state index in [0.717, 1.165) is 35.7 Å². The molecule has 12 heteroatoms. The van der Waals surface area contributed by atoms with Crippen molar-refractivity contribution in [2.45, 2.75) is 101 Å². The van der Waals surface area contributed by atoms with E-state index in [1.165, 1.54) is 17.3 Å². The van der Waals surface area contributed by atoms with Crippen LogP contribution in [0.3, 0.4) is 0 Å². The molecule has 3 aromatic rings. The van der Waals surface area contributed by atoms with E-state index in [4.69, 9.17) is 10.5 Å². The average Bonchev–Trinajstić information content (AvgIpc) is 3.88. The second-order valence-corrected chi connectivity index (χ2v) is 15.6. The molecule has 0 saturated heterocycles. The summed E-state index contributed by atoms with van der Waals surface area (Å²) in [5.74, 6) is -3.14. The Morgan fingerprint density at radius 1 is 1.04 bits per heavy atom. The minimum atomic E-state index is -3.38. The van der Waals surface area contributed by atoms with Crippen molar-refractivity contribution in [2.75, 3.05) is 12.3 Å². The van der Waals surface area contributed by atoms with Gasteiger partial charge in [-0.05, 0) is 79.5 Å². The number of aromatic nitrogens is 1. The number of aliphatic hydroxyl groups is 1. The van der Waals surface area contributed by atoms with Gasteiger partial charge in [0, 0.05) is 46.0 Å². The lowest BCUT2D eigenvalue weighted by atomic mass is 9.96. The van der Waals surface area contributed by atoms with Gasteiger partial charge in [-0.3, -0.25) is 19.4 Å². The van der Waals surface area contributed by atoms with E-state index in [2.05, 4.69) is 10.3 Å². The van der Waals surface area contributed by atoms with Crippen molar-refractivity contribution in [1.82, 2.24) is 15.2 Å². The number of nitrogens with one attached hydrogen (secondary N) is 2. The van der Waals surface area contributed by atoms with Crippen LogP contribution in [0, 0.1) is 16.4 Å². The number of aryl methyl sites for hydroxylation is 1. The van der Waals surface area contributed by atoms with Crippen LogP contribution in [-0.4, -0.2) is 66.7 Å². The maximum atomic E-state index is 14.9. The van der Waals surface area contributed by atoms with E-state index >= 15 is 0 Å². The molecule has 1 unspecified atom stereocenters. The Labute approximate surface area is 288 Å². The predicted octanol–water partition coefficient (Wildman–Crippen LogP) is 5.48. The summed E-state index contributed by atoms with van der Waals surface area (Å²) in [6.07, 6.45) is 5.89. The van der Waals surface area contributed by atoms with Crippen LogP contribution in [0.15, 0.2) is 67.0 Å². The first-order valence-electron chi connectivity index (χ1n) is 17.1. The zero-order valence-corrected chi connectivity index (χ0v) is 29.4. The summed E-state index contributed by atoms with van der Waals surface area (Å²) in [6.45, 7) is 5.67. The van der Waals surface area contributed by atoms with Gasteiger partial charge in [-0.25, -0.2) is 13.0 Å². The summed E-state index contributed by atoms with van der Waals surface area (Å²) < 4.78 is 51.0. The highest BCUT2D eigenvalue weighted by Gasteiger charge is 2.53. The predicted molar refractivity (Wildman–Crippen MR) is 187 cm³/mol. The molecular formula is C37H49F2N5O4S. The molecule has 1 aliphatic rings. The van der Waals surface area contributed by atoms with Crippen LogP contribution in [0.2, 0.25) is 0 Å². The van der Waals surface area contributed by atoms with Gasteiger partial charge in [-0.2, -0.15) is 0 Å². The molecular weight excluding hydrogens is 649 g/mol. The summed E-state index contributed by atoms with van der Waals surface area (Å²) in [6, 6.07) is 11.7. The van der Waals surface area contributed by atoms with Gasteiger partial charge in [0.25, 0.3) is 5.91 Å². The molecule has 4 atom stereocenters. The van der Waals surface area contributed by atoms with Gasteiger partial charge in [-0.15, -0.1) is 0 Å². The molecule has 266 valence electrons. The average molecular weight is 698 g/mol. The fraction of sp³-hybridized carbons (Fsp3) is 0.486. The Hall–Kier alpha value is -3.74. The smallest absolute Gasteiger partial charge is 0.253 e. The molecule has 1 aromatic heterocycles. The maximum absolute atomic E-state index is 14.9. The molecule has 0 radical (unpaired) electrons. The summed E-state index contributed by atoms with van der Waals surface area (Å²) in [5, 5.41) is 13.8. The van der Waals surface area contributed by atoms with Crippen LogP contribution >= 0.6 is 0 Å². The van der Waals surface area contributed by atoms with Crippen molar-refractivity contribution in [3.8, 4) is 0 Å². The number of rotatable bonds is 18. The van der Waals surface area contributed by atoms with Gasteiger partial charge in [0.2, 0.25) is 5.91 Å². The fourth-order valence-corrected chi connectivity index (χ4v) is 8.73. The highest BCUT2D eigenvalue weighted by Crippen LogP contribution is 2.51. The van der Waals surface area contributed by atoms with Gasteiger partial charge in [0.05, 0.1) is 23.0 Å². The van der Waals surface area contributed by atoms with Crippen molar-refractivity contribution in [1.29, 1.82) is 4.78 Å². The van der Waals surface area contributed by atoms with Crippen LogP contribution in [-0.2, 0) is 32.9 Å². The lowest BCUT2D eigenvalue weighted by molar-refractivity contribution is -0.138. The minimum Gasteiger partial charge on any atom is -0.390 e. The van der Waals surface area contributed by atoms with Crippen LogP contribution in [0.1, 0.15) is 86.3 Å². The third kappa shape index (κ3) is 9.70. The number of carbonyl (C=O) groups excluding carboxylic acids is 2.